The van der Waals surface area contributed by atoms with Gasteiger partial charge in [-0.15, -0.1) is 0 Å². The lowest BCUT2D eigenvalue weighted by molar-refractivity contribution is -0.137. The van der Waals surface area contributed by atoms with Crippen LogP contribution in [0.5, 0.6) is 0 Å². The molecule has 0 N–H and O–H groups in total. The molecule has 1 saturated heterocycles. The summed E-state index contributed by atoms with van der Waals surface area (Å²) in [6.07, 6.45) is -0.146. The number of amides is 1. The highest BCUT2D eigenvalue weighted by Gasteiger charge is 2.38. The first-order valence-electron chi connectivity index (χ1n) is 9.78. The second kappa shape index (κ2) is 7.69. The van der Waals surface area contributed by atoms with Crippen LogP contribution < -0.4 is 0 Å². The van der Waals surface area contributed by atoms with Crippen molar-refractivity contribution in [2.75, 3.05) is 13.1 Å². The van der Waals surface area contributed by atoms with Crippen LogP contribution in [0, 0.1) is 0 Å². The van der Waals surface area contributed by atoms with Gasteiger partial charge in [0.15, 0.2) is 0 Å². The minimum atomic E-state index is -4.56. The van der Waals surface area contributed by atoms with E-state index in [4.69, 9.17) is 4.52 Å². The zero-order valence-corrected chi connectivity index (χ0v) is 16.6. The Labute approximate surface area is 170 Å². The monoisotopic (exact) mass is 422 g/mol. The van der Waals surface area contributed by atoms with Crippen LogP contribution in [0.15, 0.2) is 23.2 Å². The van der Waals surface area contributed by atoms with E-state index in [9.17, 15) is 18.0 Å². The van der Waals surface area contributed by atoms with Crippen LogP contribution in [0.1, 0.15) is 55.6 Å². The fraction of sp³-hybridized carbons (Fsp3) is 0.526. The minimum Gasteiger partial charge on any atom is -0.340 e. The molecule has 1 aliphatic heterocycles. The number of nitrogens with zero attached hydrogens (tertiary/aromatic N) is 6. The highest BCUT2D eigenvalue weighted by atomic mass is 19.4. The number of fused-ring (bicyclic) bond motifs is 1. The van der Waals surface area contributed by atoms with Gasteiger partial charge in [0.1, 0.15) is 18.7 Å². The van der Waals surface area contributed by atoms with Gasteiger partial charge in [-0.25, -0.2) is 14.6 Å². The molecular formula is C19H21F3N6O2. The molecule has 8 nitrogen and oxygen atoms in total. The van der Waals surface area contributed by atoms with E-state index < -0.39 is 17.8 Å². The van der Waals surface area contributed by atoms with Crippen LogP contribution in [-0.4, -0.2) is 48.8 Å². The van der Waals surface area contributed by atoms with E-state index in [1.807, 2.05) is 0 Å². The molecule has 1 fully saturated rings. The summed E-state index contributed by atoms with van der Waals surface area (Å²) in [4.78, 5) is 22.6. The predicted octanol–water partition coefficient (Wildman–Crippen LogP) is 3.36. The van der Waals surface area contributed by atoms with E-state index in [1.165, 1.54) is 17.3 Å². The maximum absolute atomic E-state index is 13.7. The summed E-state index contributed by atoms with van der Waals surface area (Å²) < 4.78 is 47.9. The molecule has 0 bridgehead atoms. The number of likely N-dealkylation sites (tertiary alicyclic amines) is 1. The average molecular weight is 422 g/mol. The molecule has 3 aromatic rings. The molecular weight excluding hydrogens is 401 g/mol. The van der Waals surface area contributed by atoms with Crippen LogP contribution in [-0.2, 0) is 17.4 Å². The Morgan fingerprint density at radius 2 is 2.20 bits per heavy atom. The quantitative estimate of drug-likeness (QED) is 0.641. The standard InChI is InChI=1S/C19H21F3N6O2/c1-3-13-7-14(19(20,21)22)15-16(26-30-17(15)25-13)12-5-4-6-27(8-12)18(29)11(2)28-10-23-9-24-28/h7,9-12H,3-6,8H2,1-2H3/t11-,12-/m0/s1. The van der Waals surface area contributed by atoms with Crippen molar-refractivity contribution in [2.24, 2.45) is 0 Å². The van der Waals surface area contributed by atoms with Crippen molar-refractivity contribution < 1.29 is 22.5 Å². The summed E-state index contributed by atoms with van der Waals surface area (Å²) in [6, 6.07) is 0.501. The van der Waals surface area contributed by atoms with Crippen LogP contribution in [0.25, 0.3) is 11.1 Å². The van der Waals surface area contributed by atoms with E-state index in [-0.39, 0.29) is 35.2 Å². The van der Waals surface area contributed by atoms with Gasteiger partial charge in [-0.2, -0.15) is 18.3 Å². The number of hydrogen-bond acceptors (Lipinski definition) is 6. The van der Waals surface area contributed by atoms with Gasteiger partial charge in [-0.05, 0) is 32.3 Å². The number of hydrogen-bond donors (Lipinski definition) is 0. The van der Waals surface area contributed by atoms with E-state index in [0.717, 1.165) is 6.07 Å². The SMILES string of the molecule is CCc1cc(C(F)(F)F)c2c([C@H]3CCCN(C(=O)[C@H](C)n4cncn4)C3)noc2n1. The minimum absolute atomic E-state index is 0.108. The summed E-state index contributed by atoms with van der Waals surface area (Å²) in [5, 5.41) is 7.84. The molecule has 0 aromatic carbocycles. The lowest BCUT2D eigenvalue weighted by atomic mass is 9.91. The van der Waals surface area contributed by atoms with Crippen LogP contribution >= 0.6 is 0 Å². The van der Waals surface area contributed by atoms with E-state index in [0.29, 0.717) is 31.5 Å². The molecule has 0 radical (unpaired) electrons. The zero-order chi connectivity index (χ0) is 21.5. The van der Waals surface area contributed by atoms with Gasteiger partial charge < -0.3 is 9.42 Å². The molecule has 0 saturated carbocycles. The summed E-state index contributed by atoms with van der Waals surface area (Å²) in [5.41, 5.74) is -0.408. The average Bonchev–Trinajstić information content (AvgIpc) is 3.41. The second-order valence-electron chi connectivity index (χ2n) is 7.44. The zero-order valence-electron chi connectivity index (χ0n) is 16.6. The maximum atomic E-state index is 13.7. The first-order chi connectivity index (χ1) is 14.3. The molecule has 4 rings (SSSR count). The molecule has 11 heteroatoms. The fourth-order valence-electron chi connectivity index (χ4n) is 3.90. The third-order valence-electron chi connectivity index (χ3n) is 5.50. The van der Waals surface area contributed by atoms with E-state index in [2.05, 4.69) is 20.2 Å². The Bertz CT molecular complexity index is 1050. The van der Waals surface area contributed by atoms with Gasteiger partial charge in [-0.1, -0.05) is 12.1 Å². The molecule has 2 atom stereocenters. The normalized spacial score (nSPS) is 18.7. The summed E-state index contributed by atoms with van der Waals surface area (Å²) in [6.45, 7) is 4.22. The fourth-order valence-corrected chi connectivity index (χ4v) is 3.90. The van der Waals surface area contributed by atoms with Gasteiger partial charge in [-0.3, -0.25) is 4.79 Å². The third-order valence-corrected chi connectivity index (χ3v) is 5.50. The molecule has 0 unspecified atom stereocenters. The number of rotatable bonds is 4. The predicted molar refractivity (Wildman–Crippen MR) is 99.5 cm³/mol. The maximum Gasteiger partial charge on any atom is 0.417 e. The van der Waals surface area contributed by atoms with Crippen molar-refractivity contribution in [3.05, 3.63) is 35.7 Å². The number of carbonyl (C=O) groups excluding carboxylic acids is 1. The molecule has 4 heterocycles. The first-order valence-corrected chi connectivity index (χ1v) is 9.78. The number of aryl methyl sites for hydroxylation is 1. The van der Waals surface area contributed by atoms with E-state index >= 15 is 0 Å². The molecule has 1 aliphatic rings. The lowest BCUT2D eigenvalue weighted by Crippen LogP contribution is -2.42. The summed E-state index contributed by atoms with van der Waals surface area (Å²) in [5.74, 6) is -0.539. The number of pyridine rings is 1. The van der Waals surface area contributed by atoms with Crippen molar-refractivity contribution in [3.8, 4) is 0 Å². The molecule has 0 spiro atoms. The van der Waals surface area contributed by atoms with Crippen LogP contribution in [0.3, 0.4) is 0 Å². The summed E-state index contributed by atoms with van der Waals surface area (Å²) >= 11 is 0. The second-order valence-corrected chi connectivity index (χ2v) is 7.44. The number of aromatic nitrogens is 5. The highest BCUT2D eigenvalue weighted by molar-refractivity contribution is 5.82. The Balaban J connectivity index is 1.66. The highest BCUT2D eigenvalue weighted by Crippen LogP contribution is 2.40. The van der Waals surface area contributed by atoms with Crippen molar-refractivity contribution in [3.63, 3.8) is 0 Å². The number of piperidine rings is 1. The smallest absolute Gasteiger partial charge is 0.340 e. The Morgan fingerprint density at radius 1 is 1.40 bits per heavy atom. The van der Waals surface area contributed by atoms with Crippen LogP contribution in [0.4, 0.5) is 13.2 Å². The van der Waals surface area contributed by atoms with Gasteiger partial charge >= 0.3 is 6.18 Å². The molecule has 30 heavy (non-hydrogen) atoms. The van der Waals surface area contributed by atoms with Crippen molar-refractivity contribution in [2.45, 2.75) is 51.2 Å². The van der Waals surface area contributed by atoms with Crippen molar-refractivity contribution >= 4 is 17.0 Å². The third kappa shape index (κ3) is 3.63. The van der Waals surface area contributed by atoms with Gasteiger partial charge in [0.25, 0.3) is 5.71 Å². The van der Waals surface area contributed by atoms with Gasteiger partial charge in [0.2, 0.25) is 5.91 Å². The Hall–Kier alpha value is -2.98. The molecule has 1 amide bonds. The summed E-state index contributed by atoms with van der Waals surface area (Å²) in [7, 11) is 0. The van der Waals surface area contributed by atoms with Crippen LogP contribution in [0.2, 0.25) is 0 Å². The Morgan fingerprint density at radius 3 is 2.87 bits per heavy atom. The number of alkyl halides is 3. The van der Waals surface area contributed by atoms with Gasteiger partial charge in [0, 0.05) is 24.7 Å². The van der Waals surface area contributed by atoms with E-state index in [1.54, 1.807) is 18.7 Å². The first kappa shape index (κ1) is 20.3. The largest absolute Gasteiger partial charge is 0.417 e. The van der Waals surface area contributed by atoms with Crippen molar-refractivity contribution in [1.29, 1.82) is 0 Å². The molecule has 0 aliphatic carbocycles. The molecule has 3 aromatic heterocycles. The molecule has 160 valence electrons. The topological polar surface area (TPSA) is 89.9 Å². The number of carbonyl (C=O) groups is 1. The van der Waals surface area contributed by atoms with Crippen molar-refractivity contribution in [1.82, 2.24) is 29.8 Å². The van der Waals surface area contributed by atoms with Gasteiger partial charge in [0.05, 0.1) is 16.6 Å². The number of halogens is 3. The lowest BCUT2D eigenvalue weighted by Gasteiger charge is -2.33. The Kier molecular flexibility index (Phi) is 5.20.